The molecule has 0 aliphatic carbocycles. The van der Waals surface area contributed by atoms with Crippen LogP contribution >= 0.6 is 11.3 Å². The smallest absolute Gasteiger partial charge is 0.250 e. The molecule has 9 heteroatoms. The van der Waals surface area contributed by atoms with Crippen molar-refractivity contribution >= 4 is 21.4 Å². The van der Waals surface area contributed by atoms with Crippen molar-refractivity contribution < 1.29 is 8.42 Å². The summed E-state index contributed by atoms with van der Waals surface area (Å²) in [5.41, 5.74) is 0.965. The number of aryl methyl sites for hydroxylation is 1. The fourth-order valence-electron chi connectivity index (χ4n) is 1.61. The number of nitrogens with zero attached hydrogens (tertiary/aromatic N) is 3. The van der Waals surface area contributed by atoms with Crippen molar-refractivity contribution in [1.29, 1.82) is 0 Å². The molecule has 2 aromatic rings. The molecule has 2 heterocycles. The Morgan fingerprint density at radius 3 is 2.76 bits per heavy atom. The van der Waals surface area contributed by atoms with Crippen molar-refractivity contribution in [2.75, 3.05) is 0 Å². The molecule has 0 atom stereocenters. The molecule has 0 radical (unpaired) electrons. The second-order valence-electron chi connectivity index (χ2n) is 4.99. The van der Waals surface area contributed by atoms with Gasteiger partial charge < -0.3 is 9.88 Å². The predicted octanol–water partition coefficient (Wildman–Crippen LogP) is 0.853. The summed E-state index contributed by atoms with van der Waals surface area (Å²) in [6.45, 7) is 4.88. The van der Waals surface area contributed by atoms with Crippen LogP contribution in [0.15, 0.2) is 22.0 Å². The van der Waals surface area contributed by atoms with Crippen molar-refractivity contribution in [2.24, 2.45) is 7.05 Å². The highest BCUT2D eigenvalue weighted by Gasteiger charge is 2.17. The summed E-state index contributed by atoms with van der Waals surface area (Å²) in [7, 11) is -1.74. The Balaban J connectivity index is 2.01. The largest absolute Gasteiger partial charge is 0.320 e. The number of nitrogens with one attached hydrogen (secondary N) is 2. The van der Waals surface area contributed by atoms with Gasteiger partial charge in [-0.3, -0.25) is 0 Å². The first-order valence-corrected chi connectivity index (χ1v) is 8.88. The van der Waals surface area contributed by atoms with Gasteiger partial charge in [0.25, 0.3) is 0 Å². The molecular weight excluding hydrogens is 310 g/mol. The number of hydrogen-bond acceptors (Lipinski definition) is 6. The summed E-state index contributed by atoms with van der Waals surface area (Å²) in [6.07, 6.45) is 1.53. The second-order valence-corrected chi connectivity index (χ2v) is 7.90. The van der Waals surface area contributed by atoms with E-state index in [0.29, 0.717) is 22.6 Å². The highest BCUT2D eigenvalue weighted by atomic mass is 32.2. The maximum Gasteiger partial charge on any atom is 0.250 e. The molecule has 21 heavy (non-hydrogen) atoms. The van der Waals surface area contributed by atoms with E-state index < -0.39 is 10.0 Å². The molecule has 0 unspecified atom stereocenters. The van der Waals surface area contributed by atoms with Crippen LogP contribution in [-0.2, 0) is 30.2 Å². The van der Waals surface area contributed by atoms with E-state index in [9.17, 15) is 8.42 Å². The Labute approximate surface area is 128 Å². The molecule has 0 aromatic carbocycles. The van der Waals surface area contributed by atoms with Gasteiger partial charge in [0.05, 0.1) is 6.54 Å². The SMILES string of the molecule is CC(C)NCc1csc(S(=O)(=O)NCc2nncn2C)c1. The summed E-state index contributed by atoms with van der Waals surface area (Å²) in [6, 6.07) is 2.05. The van der Waals surface area contributed by atoms with Gasteiger partial charge in [0.1, 0.15) is 16.4 Å². The first-order chi connectivity index (χ1) is 9.88. The molecule has 7 nitrogen and oxygen atoms in total. The first kappa shape index (κ1) is 16.1. The van der Waals surface area contributed by atoms with Gasteiger partial charge in [0.2, 0.25) is 10.0 Å². The van der Waals surface area contributed by atoms with Crippen molar-refractivity contribution in [3.63, 3.8) is 0 Å². The molecule has 2 aromatic heterocycles. The normalized spacial score (nSPS) is 12.2. The van der Waals surface area contributed by atoms with E-state index >= 15 is 0 Å². The Morgan fingerprint density at radius 1 is 1.38 bits per heavy atom. The average molecular weight is 329 g/mol. The van der Waals surface area contributed by atoms with Crippen molar-refractivity contribution in [1.82, 2.24) is 24.8 Å². The average Bonchev–Trinajstić information content (AvgIpc) is 3.03. The van der Waals surface area contributed by atoms with Gasteiger partial charge in [0, 0.05) is 19.6 Å². The fraction of sp³-hybridized carbons (Fsp3) is 0.500. The molecule has 0 saturated heterocycles. The third-order valence-electron chi connectivity index (χ3n) is 2.83. The molecule has 0 saturated carbocycles. The topological polar surface area (TPSA) is 88.9 Å². The Morgan fingerprint density at radius 2 is 2.14 bits per heavy atom. The highest BCUT2D eigenvalue weighted by Crippen LogP contribution is 2.20. The van der Waals surface area contributed by atoms with E-state index in [0.717, 1.165) is 5.56 Å². The lowest BCUT2D eigenvalue weighted by Crippen LogP contribution is -2.24. The van der Waals surface area contributed by atoms with Crippen LogP contribution in [0.2, 0.25) is 0 Å². The zero-order valence-electron chi connectivity index (χ0n) is 12.2. The molecule has 0 bridgehead atoms. The van der Waals surface area contributed by atoms with Crippen LogP contribution in [0, 0.1) is 0 Å². The van der Waals surface area contributed by atoms with Crippen LogP contribution in [0.1, 0.15) is 25.2 Å². The molecule has 2 rings (SSSR count). The lowest BCUT2D eigenvalue weighted by molar-refractivity contribution is 0.578. The van der Waals surface area contributed by atoms with Crippen LogP contribution in [-0.4, -0.2) is 29.2 Å². The number of rotatable bonds is 7. The second kappa shape index (κ2) is 6.65. The van der Waals surface area contributed by atoms with Crippen LogP contribution in [0.5, 0.6) is 0 Å². The summed E-state index contributed by atoms with van der Waals surface area (Å²) < 4.78 is 28.9. The van der Waals surface area contributed by atoms with Gasteiger partial charge in [-0.15, -0.1) is 21.5 Å². The zero-order valence-corrected chi connectivity index (χ0v) is 13.8. The highest BCUT2D eigenvalue weighted by molar-refractivity contribution is 7.91. The minimum Gasteiger partial charge on any atom is -0.320 e. The summed E-state index contributed by atoms with van der Waals surface area (Å²) >= 11 is 1.22. The number of sulfonamides is 1. The predicted molar refractivity (Wildman–Crippen MR) is 81.3 cm³/mol. The number of hydrogen-bond donors (Lipinski definition) is 2. The Bertz CT molecular complexity index is 690. The number of aromatic nitrogens is 3. The van der Waals surface area contributed by atoms with Gasteiger partial charge >= 0.3 is 0 Å². The number of thiophene rings is 1. The molecule has 0 fully saturated rings. The molecule has 0 spiro atoms. The first-order valence-electron chi connectivity index (χ1n) is 6.52. The molecule has 0 aliphatic heterocycles. The molecule has 116 valence electrons. The van der Waals surface area contributed by atoms with Crippen LogP contribution < -0.4 is 10.0 Å². The van der Waals surface area contributed by atoms with Crippen LogP contribution in [0.4, 0.5) is 0 Å². The van der Waals surface area contributed by atoms with E-state index in [1.807, 2.05) is 19.2 Å². The third kappa shape index (κ3) is 4.34. The molecule has 2 N–H and O–H groups in total. The summed E-state index contributed by atoms with van der Waals surface area (Å²) in [5.74, 6) is 0.567. The van der Waals surface area contributed by atoms with E-state index in [2.05, 4.69) is 20.2 Å². The van der Waals surface area contributed by atoms with Crippen molar-refractivity contribution in [2.45, 2.75) is 37.2 Å². The molecule has 0 amide bonds. The molecule has 0 aliphatic rings. The lowest BCUT2D eigenvalue weighted by atomic mass is 10.3. The third-order valence-corrected chi connectivity index (χ3v) is 5.72. The zero-order chi connectivity index (χ0) is 15.5. The Kier molecular flexibility index (Phi) is 5.09. The van der Waals surface area contributed by atoms with Gasteiger partial charge in [0.15, 0.2) is 0 Å². The van der Waals surface area contributed by atoms with E-state index in [-0.39, 0.29) is 6.54 Å². The van der Waals surface area contributed by atoms with Crippen LogP contribution in [0.3, 0.4) is 0 Å². The fourth-order valence-corrected chi connectivity index (χ4v) is 3.84. The summed E-state index contributed by atoms with van der Waals surface area (Å²) in [4.78, 5) is 0. The molecular formula is C12H19N5O2S2. The van der Waals surface area contributed by atoms with Crippen molar-refractivity contribution in [3.05, 3.63) is 29.2 Å². The van der Waals surface area contributed by atoms with Gasteiger partial charge in [-0.1, -0.05) is 13.8 Å². The van der Waals surface area contributed by atoms with Gasteiger partial charge in [-0.05, 0) is 17.0 Å². The van der Waals surface area contributed by atoms with Crippen molar-refractivity contribution in [3.8, 4) is 0 Å². The monoisotopic (exact) mass is 329 g/mol. The summed E-state index contributed by atoms with van der Waals surface area (Å²) in [5, 5.41) is 12.7. The standard InChI is InChI=1S/C12H19N5O2S2/c1-9(2)13-5-10-4-12(20-7-10)21(18,19)15-6-11-16-14-8-17(11)3/h4,7-9,13,15H,5-6H2,1-3H3. The van der Waals surface area contributed by atoms with Crippen LogP contribution in [0.25, 0.3) is 0 Å². The maximum absolute atomic E-state index is 12.2. The minimum atomic E-state index is -3.51. The maximum atomic E-state index is 12.2. The quantitative estimate of drug-likeness (QED) is 0.786. The van der Waals surface area contributed by atoms with Gasteiger partial charge in [-0.25, -0.2) is 13.1 Å². The minimum absolute atomic E-state index is 0.121. The lowest BCUT2D eigenvalue weighted by Gasteiger charge is -2.06. The van der Waals surface area contributed by atoms with E-state index in [4.69, 9.17) is 0 Å². The van der Waals surface area contributed by atoms with E-state index in [1.165, 1.54) is 17.7 Å². The van der Waals surface area contributed by atoms with E-state index in [1.54, 1.807) is 17.7 Å². The van der Waals surface area contributed by atoms with Gasteiger partial charge in [-0.2, -0.15) is 0 Å². The Hall–Kier alpha value is -1.29.